The number of aryl methyl sites for hydroxylation is 1. The molecule has 0 amide bonds. The summed E-state index contributed by atoms with van der Waals surface area (Å²) in [6.45, 7) is 3.88. The van der Waals surface area contributed by atoms with Gasteiger partial charge in [0.15, 0.2) is 5.69 Å². The molecule has 0 radical (unpaired) electrons. The van der Waals surface area contributed by atoms with E-state index in [4.69, 9.17) is 5.11 Å². The number of hydrogen-bond donors (Lipinski definition) is 1. The monoisotopic (exact) mass is 231 g/mol. The predicted octanol–water partition coefficient (Wildman–Crippen LogP) is 1.84. The zero-order valence-corrected chi connectivity index (χ0v) is 9.71. The van der Waals surface area contributed by atoms with Gasteiger partial charge in [-0.15, -0.1) is 5.10 Å². The van der Waals surface area contributed by atoms with Crippen molar-refractivity contribution in [2.45, 2.75) is 20.3 Å². The third-order valence-corrected chi connectivity index (χ3v) is 2.58. The Balaban J connectivity index is 2.52. The second-order valence-electron chi connectivity index (χ2n) is 3.79. The highest BCUT2D eigenvalue weighted by atomic mass is 16.4. The smallest absolute Gasteiger partial charge is 0.358 e. The van der Waals surface area contributed by atoms with Crippen molar-refractivity contribution in [2.24, 2.45) is 0 Å². The van der Waals surface area contributed by atoms with E-state index >= 15 is 0 Å². The van der Waals surface area contributed by atoms with Gasteiger partial charge in [-0.2, -0.15) is 0 Å². The third-order valence-electron chi connectivity index (χ3n) is 2.58. The number of aromatic carboxylic acids is 1. The quantitative estimate of drug-likeness (QED) is 0.875. The van der Waals surface area contributed by atoms with Gasteiger partial charge in [-0.05, 0) is 25.5 Å². The summed E-state index contributed by atoms with van der Waals surface area (Å²) >= 11 is 0. The van der Waals surface area contributed by atoms with E-state index < -0.39 is 5.97 Å². The molecule has 0 aliphatic rings. The van der Waals surface area contributed by atoms with Crippen LogP contribution in [0.1, 0.15) is 28.7 Å². The van der Waals surface area contributed by atoms with Crippen LogP contribution in [0.3, 0.4) is 0 Å². The normalized spacial score (nSPS) is 10.5. The highest BCUT2D eigenvalue weighted by Gasteiger charge is 2.17. The van der Waals surface area contributed by atoms with E-state index in [0.29, 0.717) is 12.1 Å². The van der Waals surface area contributed by atoms with Gasteiger partial charge in [-0.1, -0.05) is 29.8 Å². The van der Waals surface area contributed by atoms with Crippen LogP contribution < -0.4 is 0 Å². The van der Waals surface area contributed by atoms with E-state index in [-0.39, 0.29) is 5.69 Å². The van der Waals surface area contributed by atoms with Crippen molar-refractivity contribution in [2.75, 3.05) is 0 Å². The van der Waals surface area contributed by atoms with Crippen LogP contribution in [0.2, 0.25) is 0 Å². The summed E-state index contributed by atoms with van der Waals surface area (Å²) in [7, 11) is 0. The molecule has 2 rings (SSSR count). The Labute approximate surface area is 98.7 Å². The molecule has 0 spiro atoms. The Morgan fingerprint density at radius 3 is 2.53 bits per heavy atom. The first-order valence-corrected chi connectivity index (χ1v) is 5.38. The summed E-state index contributed by atoms with van der Waals surface area (Å²) in [5.74, 6) is -1.04. The number of rotatable bonds is 3. The fourth-order valence-electron chi connectivity index (χ4n) is 1.68. The van der Waals surface area contributed by atoms with Crippen molar-refractivity contribution in [1.29, 1.82) is 0 Å². The van der Waals surface area contributed by atoms with E-state index in [9.17, 15) is 4.79 Å². The van der Waals surface area contributed by atoms with Crippen LogP contribution in [0, 0.1) is 6.92 Å². The molecule has 1 N–H and O–H groups in total. The largest absolute Gasteiger partial charge is 0.476 e. The van der Waals surface area contributed by atoms with Crippen molar-refractivity contribution in [1.82, 2.24) is 15.0 Å². The molecule has 2 aromatic rings. The van der Waals surface area contributed by atoms with Gasteiger partial charge in [0.2, 0.25) is 0 Å². The second-order valence-corrected chi connectivity index (χ2v) is 3.79. The minimum absolute atomic E-state index is 0.0214. The molecule has 17 heavy (non-hydrogen) atoms. The van der Waals surface area contributed by atoms with E-state index in [0.717, 1.165) is 11.3 Å². The maximum Gasteiger partial charge on any atom is 0.358 e. The van der Waals surface area contributed by atoms with Gasteiger partial charge in [-0.25, -0.2) is 9.48 Å². The third kappa shape index (κ3) is 2.04. The molecule has 5 heteroatoms. The molecule has 0 aliphatic carbocycles. The molecule has 1 heterocycles. The molecule has 0 saturated carbocycles. The first-order valence-electron chi connectivity index (χ1n) is 5.38. The number of hydrogen-bond acceptors (Lipinski definition) is 3. The van der Waals surface area contributed by atoms with Gasteiger partial charge in [0, 0.05) is 0 Å². The number of carboxylic acids is 1. The second kappa shape index (κ2) is 4.37. The summed E-state index contributed by atoms with van der Waals surface area (Å²) in [4.78, 5) is 11.0. The fourth-order valence-corrected chi connectivity index (χ4v) is 1.68. The highest BCUT2D eigenvalue weighted by molar-refractivity contribution is 5.86. The lowest BCUT2D eigenvalue weighted by molar-refractivity contribution is 0.0689. The van der Waals surface area contributed by atoms with E-state index in [1.165, 1.54) is 0 Å². The molecule has 1 aromatic heterocycles. The number of carbonyl (C=O) groups is 1. The lowest BCUT2D eigenvalue weighted by atomic mass is 10.2. The van der Waals surface area contributed by atoms with Crippen LogP contribution in [0.4, 0.5) is 0 Å². The van der Waals surface area contributed by atoms with Gasteiger partial charge in [0.05, 0.1) is 11.4 Å². The van der Waals surface area contributed by atoms with Crippen LogP contribution in [0.15, 0.2) is 24.3 Å². The Kier molecular flexibility index (Phi) is 2.91. The zero-order chi connectivity index (χ0) is 12.4. The lowest BCUT2D eigenvalue weighted by Gasteiger charge is -2.05. The first kappa shape index (κ1) is 11.3. The molecule has 0 aliphatic heterocycles. The molecule has 0 saturated heterocycles. The molecule has 5 nitrogen and oxygen atoms in total. The van der Waals surface area contributed by atoms with Gasteiger partial charge in [-0.3, -0.25) is 0 Å². The topological polar surface area (TPSA) is 68.0 Å². The van der Waals surface area contributed by atoms with Crippen LogP contribution in [-0.2, 0) is 6.42 Å². The average Bonchev–Trinajstić information content (AvgIpc) is 2.73. The molecule has 0 atom stereocenters. The fraction of sp³-hybridized carbons (Fsp3) is 0.250. The molecular formula is C12H13N3O2. The minimum Gasteiger partial charge on any atom is -0.476 e. The summed E-state index contributed by atoms with van der Waals surface area (Å²) in [6, 6.07) is 7.71. The predicted molar refractivity (Wildman–Crippen MR) is 62.4 cm³/mol. The van der Waals surface area contributed by atoms with Crippen LogP contribution in [0.5, 0.6) is 0 Å². The Morgan fingerprint density at radius 1 is 1.35 bits per heavy atom. The molecule has 0 fully saturated rings. The maximum absolute atomic E-state index is 11.0. The van der Waals surface area contributed by atoms with Crippen LogP contribution >= 0.6 is 0 Å². The molecule has 0 unspecified atom stereocenters. The Hall–Kier alpha value is -2.17. The number of nitrogens with zero attached hydrogens (tertiary/aromatic N) is 3. The number of carboxylic acid groups (broad SMARTS) is 1. The summed E-state index contributed by atoms with van der Waals surface area (Å²) < 4.78 is 1.57. The maximum atomic E-state index is 11.0. The molecule has 1 aromatic carbocycles. The standard InChI is InChI=1S/C12H13N3O2/c1-3-10-11(12(16)17)13-14-15(10)9-6-4-8(2)5-7-9/h4-7H,3H2,1-2H3,(H,16,17). The Bertz CT molecular complexity index is 543. The minimum atomic E-state index is -1.04. The number of aromatic nitrogens is 3. The zero-order valence-electron chi connectivity index (χ0n) is 9.71. The summed E-state index contributed by atoms with van der Waals surface area (Å²) in [5, 5.41) is 16.6. The first-order chi connectivity index (χ1) is 8.13. The van der Waals surface area contributed by atoms with E-state index in [1.807, 2.05) is 38.1 Å². The Morgan fingerprint density at radius 2 is 2.00 bits per heavy atom. The lowest BCUT2D eigenvalue weighted by Crippen LogP contribution is -2.05. The van der Waals surface area contributed by atoms with Crippen LogP contribution in [0.25, 0.3) is 5.69 Å². The van der Waals surface area contributed by atoms with Crippen LogP contribution in [-0.4, -0.2) is 26.1 Å². The van der Waals surface area contributed by atoms with Gasteiger partial charge in [0.25, 0.3) is 0 Å². The van der Waals surface area contributed by atoms with Gasteiger partial charge in [0.1, 0.15) is 0 Å². The highest BCUT2D eigenvalue weighted by Crippen LogP contribution is 2.14. The average molecular weight is 231 g/mol. The van der Waals surface area contributed by atoms with Crippen molar-refractivity contribution in [3.8, 4) is 5.69 Å². The van der Waals surface area contributed by atoms with Gasteiger partial charge >= 0.3 is 5.97 Å². The SMILES string of the molecule is CCc1c(C(=O)O)nnn1-c1ccc(C)cc1. The van der Waals surface area contributed by atoms with Crippen molar-refractivity contribution >= 4 is 5.97 Å². The molecule has 0 bridgehead atoms. The van der Waals surface area contributed by atoms with E-state index in [1.54, 1.807) is 4.68 Å². The summed E-state index contributed by atoms with van der Waals surface area (Å²) in [6.07, 6.45) is 0.572. The van der Waals surface area contributed by atoms with Crippen molar-refractivity contribution in [3.05, 3.63) is 41.2 Å². The molecule has 88 valence electrons. The molecular weight excluding hydrogens is 218 g/mol. The van der Waals surface area contributed by atoms with Crippen molar-refractivity contribution in [3.63, 3.8) is 0 Å². The van der Waals surface area contributed by atoms with E-state index in [2.05, 4.69) is 10.3 Å². The van der Waals surface area contributed by atoms with Crippen molar-refractivity contribution < 1.29 is 9.90 Å². The summed E-state index contributed by atoms with van der Waals surface area (Å²) in [5.41, 5.74) is 2.60. The number of benzene rings is 1. The van der Waals surface area contributed by atoms with Gasteiger partial charge < -0.3 is 5.11 Å².